The molecule has 5 N–H and O–H groups in total. The first kappa shape index (κ1) is 17.1. The Morgan fingerprint density at radius 2 is 2.00 bits per heavy atom. The van der Waals surface area contributed by atoms with Crippen LogP contribution in [0.4, 0.5) is 11.4 Å². The van der Waals surface area contributed by atoms with Crippen molar-refractivity contribution in [3.05, 3.63) is 22.7 Å². The van der Waals surface area contributed by atoms with Gasteiger partial charge in [-0.25, -0.2) is 4.79 Å². The largest absolute Gasteiger partial charge is 0.462 e. The second-order valence-electron chi connectivity index (χ2n) is 4.91. The zero-order valence-corrected chi connectivity index (χ0v) is 13.0. The van der Waals surface area contributed by atoms with E-state index in [1.54, 1.807) is 6.92 Å². The van der Waals surface area contributed by atoms with Gasteiger partial charge in [-0.3, -0.25) is 4.79 Å². The first-order chi connectivity index (χ1) is 9.77. The number of halogens is 1. The Labute approximate surface area is 128 Å². The van der Waals surface area contributed by atoms with E-state index in [1.807, 2.05) is 13.8 Å². The average Bonchev–Trinajstić information content (AvgIpc) is 2.36. The van der Waals surface area contributed by atoms with Crippen molar-refractivity contribution < 1.29 is 14.3 Å². The molecular weight excluding hydrogens is 294 g/mol. The Morgan fingerprint density at radius 3 is 2.48 bits per heavy atom. The van der Waals surface area contributed by atoms with Gasteiger partial charge in [0, 0.05) is 5.69 Å². The SMILES string of the molecule is CCOC(=O)c1cc(N)cc(Cl)c1NC(C(N)=O)C(C)C. The molecule has 7 heteroatoms. The number of hydrogen-bond acceptors (Lipinski definition) is 5. The molecule has 21 heavy (non-hydrogen) atoms. The number of hydrogen-bond donors (Lipinski definition) is 3. The lowest BCUT2D eigenvalue weighted by atomic mass is 10.0. The normalized spacial score (nSPS) is 12.0. The number of carbonyl (C=O) groups is 2. The van der Waals surface area contributed by atoms with E-state index in [-0.39, 0.29) is 23.1 Å². The van der Waals surface area contributed by atoms with E-state index in [0.29, 0.717) is 11.4 Å². The molecule has 0 bridgehead atoms. The maximum atomic E-state index is 12.0. The Balaban J connectivity index is 3.27. The summed E-state index contributed by atoms with van der Waals surface area (Å²) in [6.07, 6.45) is 0. The van der Waals surface area contributed by atoms with Gasteiger partial charge in [0.15, 0.2) is 0 Å². The Hall–Kier alpha value is -1.95. The van der Waals surface area contributed by atoms with Gasteiger partial charge in [-0.05, 0) is 25.0 Å². The lowest BCUT2D eigenvalue weighted by Crippen LogP contribution is -2.40. The smallest absolute Gasteiger partial charge is 0.340 e. The molecule has 1 amide bonds. The summed E-state index contributed by atoms with van der Waals surface area (Å²) < 4.78 is 4.97. The highest BCUT2D eigenvalue weighted by Gasteiger charge is 2.24. The number of nitrogens with one attached hydrogen (secondary N) is 1. The summed E-state index contributed by atoms with van der Waals surface area (Å²) in [6, 6.07) is 2.27. The van der Waals surface area contributed by atoms with E-state index in [1.165, 1.54) is 12.1 Å². The van der Waals surface area contributed by atoms with Crippen LogP contribution >= 0.6 is 11.6 Å². The molecule has 1 unspecified atom stereocenters. The van der Waals surface area contributed by atoms with Crippen LogP contribution in [-0.2, 0) is 9.53 Å². The van der Waals surface area contributed by atoms with Crippen LogP contribution < -0.4 is 16.8 Å². The van der Waals surface area contributed by atoms with Crippen molar-refractivity contribution in [2.75, 3.05) is 17.7 Å². The number of rotatable bonds is 6. The second-order valence-corrected chi connectivity index (χ2v) is 5.32. The van der Waals surface area contributed by atoms with Gasteiger partial charge in [0.2, 0.25) is 5.91 Å². The van der Waals surface area contributed by atoms with Crippen molar-refractivity contribution in [1.82, 2.24) is 0 Å². The summed E-state index contributed by atoms with van der Waals surface area (Å²) in [7, 11) is 0. The number of amides is 1. The first-order valence-electron chi connectivity index (χ1n) is 6.59. The number of anilines is 2. The molecule has 6 nitrogen and oxygen atoms in total. The van der Waals surface area contributed by atoms with E-state index >= 15 is 0 Å². The Morgan fingerprint density at radius 1 is 1.38 bits per heavy atom. The topological polar surface area (TPSA) is 107 Å². The number of primary amides is 1. The quantitative estimate of drug-likeness (QED) is 0.550. The summed E-state index contributed by atoms with van der Waals surface area (Å²) in [5, 5.41) is 3.15. The Kier molecular flexibility index (Phi) is 5.84. The fourth-order valence-corrected chi connectivity index (χ4v) is 2.15. The third-order valence-corrected chi connectivity index (χ3v) is 3.18. The van der Waals surface area contributed by atoms with Crippen molar-refractivity contribution >= 4 is 34.9 Å². The first-order valence-corrected chi connectivity index (χ1v) is 6.97. The summed E-state index contributed by atoms with van der Waals surface area (Å²) in [5.41, 5.74) is 11.9. The van der Waals surface area contributed by atoms with E-state index in [0.717, 1.165) is 0 Å². The maximum absolute atomic E-state index is 12.0. The minimum atomic E-state index is -0.667. The highest BCUT2D eigenvalue weighted by molar-refractivity contribution is 6.34. The average molecular weight is 314 g/mol. The minimum absolute atomic E-state index is 0.0776. The predicted octanol–water partition coefficient (Wildman–Crippen LogP) is 2.02. The van der Waals surface area contributed by atoms with Gasteiger partial charge in [-0.1, -0.05) is 25.4 Å². The molecule has 1 atom stereocenters. The van der Waals surface area contributed by atoms with Crippen LogP contribution in [0, 0.1) is 5.92 Å². The van der Waals surface area contributed by atoms with Crippen molar-refractivity contribution in [2.45, 2.75) is 26.8 Å². The molecule has 0 aliphatic carbocycles. The minimum Gasteiger partial charge on any atom is -0.462 e. The van der Waals surface area contributed by atoms with E-state index in [4.69, 9.17) is 27.8 Å². The van der Waals surface area contributed by atoms with Gasteiger partial charge in [-0.15, -0.1) is 0 Å². The summed E-state index contributed by atoms with van der Waals surface area (Å²) >= 11 is 6.13. The second kappa shape index (κ2) is 7.17. The highest BCUT2D eigenvalue weighted by Crippen LogP contribution is 2.31. The number of carbonyl (C=O) groups excluding carboxylic acids is 2. The number of ether oxygens (including phenoxy) is 1. The van der Waals surface area contributed by atoms with Crippen LogP contribution in [0.2, 0.25) is 5.02 Å². The summed E-state index contributed by atoms with van der Waals surface area (Å²) in [4.78, 5) is 23.5. The molecule has 1 rings (SSSR count). The molecule has 0 radical (unpaired) electrons. The molecule has 1 aromatic rings. The molecule has 0 saturated heterocycles. The fourth-order valence-electron chi connectivity index (χ4n) is 1.87. The molecule has 0 spiro atoms. The van der Waals surface area contributed by atoms with Gasteiger partial charge < -0.3 is 21.5 Å². The van der Waals surface area contributed by atoms with Crippen molar-refractivity contribution in [1.29, 1.82) is 0 Å². The van der Waals surface area contributed by atoms with Crippen LogP contribution in [0.3, 0.4) is 0 Å². The number of benzene rings is 1. The number of nitrogens with two attached hydrogens (primary N) is 2. The van der Waals surface area contributed by atoms with Crippen molar-refractivity contribution in [2.24, 2.45) is 11.7 Å². The third kappa shape index (κ3) is 4.26. The van der Waals surface area contributed by atoms with Crippen LogP contribution in [0.15, 0.2) is 12.1 Å². The van der Waals surface area contributed by atoms with Crippen LogP contribution in [0.5, 0.6) is 0 Å². The molecule has 0 fully saturated rings. The third-order valence-electron chi connectivity index (χ3n) is 2.88. The predicted molar refractivity (Wildman–Crippen MR) is 83.3 cm³/mol. The monoisotopic (exact) mass is 313 g/mol. The van der Waals surface area contributed by atoms with Gasteiger partial charge in [0.05, 0.1) is 22.9 Å². The van der Waals surface area contributed by atoms with E-state index in [9.17, 15) is 9.59 Å². The zero-order valence-electron chi connectivity index (χ0n) is 12.3. The Bertz CT molecular complexity index is 547. The van der Waals surface area contributed by atoms with Crippen LogP contribution in [0.1, 0.15) is 31.1 Å². The fraction of sp³-hybridized carbons (Fsp3) is 0.429. The van der Waals surface area contributed by atoms with E-state index < -0.39 is 17.9 Å². The standard InChI is InChI=1S/C14H20ClN3O3/c1-4-21-14(20)9-5-8(16)6-10(15)12(9)18-11(7(2)3)13(17)19/h5-7,11,18H,4,16H2,1-3H3,(H2,17,19). The lowest BCUT2D eigenvalue weighted by molar-refractivity contribution is -0.119. The highest BCUT2D eigenvalue weighted by atomic mass is 35.5. The summed E-state index contributed by atoms with van der Waals surface area (Å²) in [5.74, 6) is -1.18. The summed E-state index contributed by atoms with van der Waals surface area (Å²) in [6.45, 7) is 5.57. The number of nitrogen functional groups attached to an aromatic ring is 1. The molecule has 0 aliphatic heterocycles. The molecule has 0 aromatic heterocycles. The zero-order chi connectivity index (χ0) is 16.2. The molecule has 0 aliphatic rings. The molecule has 0 heterocycles. The molecule has 0 saturated carbocycles. The molecular formula is C14H20ClN3O3. The van der Waals surface area contributed by atoms with Crippen molar-refractivity contribution in [3.8, 4) is 0 Å². The van der Waals surface area contributed by atoms with Crippen LogP contribution in [0.25, 0.3) is 0 Å². The van der Waals surface area contributed by atoms with Crippen molar-refractivity contribution in [3.63, 3.8) is 0 Å². The molecule has 1 aromatic carbocycles. The lowest BCUT2D eigenvalue weighted by Gasteiger charge is -2.22. The van der Waals surface area contributed by atoms with Gasteiger partial charge in [0.1, 0.15) is 6.04 Å². The molecule has 116 valence electrons. The number of esters is 1. The van der Waals surface area contributed by atoms with Gasteiger partial charge in [0.25, 0.3) is 0 Å². The van der Waals surface area contributed by atoms with Gasteiger partial charge in [-0.2, -0.15) is 0 Å². The van der Waals surface area contributed by atoms with Gasteiger partial charge >= 0.3 is 5.97 Å². The van der Waals surface area contributed by atoms with E-state index in [2.05, 4.69) is 5.32 Å². The van der Waals surface area contributed by atoms with Crippen LogP contribution in [-0.4, -0.2) is 24.5 Å². The maximum Gasteiger partial charge on any atom is 0.340 e.